The molecule has 0 aliphatic heterocycles. The summed E-state index contributed by atoms with van der Waals surface area (Å²) in [7, 11) is 4.96. The van der Waals surface area contributed by atoms with Crippen LogP contribution in [-0.4, -0.2) is 35.3 Å². The minimum absolute atomic E-state index is 0.105. The molecule has 1 heterocycles. The van der Waals surface area contributed by atoms with Crippen LogP contribution in [0.5, 0.6) is 0 Å². The number of imidazole rings is 1. The number of nitrogens with zero attached hydrogens (tertiary/aromatic N) is 3. The lowest BCUT2D eigenvalue weighted by molar-refractivity contribution is -0.123. The van der Waals surface area contributed by atoms with Crippen LogP contribution in [0.15, 0.2) is 23.0 Å². The van der Waals surface area contributed by atoms with E-state index in [1.807, 2.05) is 24.3 Å². The summed E-state index contributed by atoms with van der Waals surface area (Å²) in [5.74, 6) is -1.09. The second-order valence-electron chi connectivity index (χ2n) is 5.39. The number of carbonyl (C=O) groups excluding carboxylic acids is 1. The molecule has 2 rings (SSSR count). The molecule has 0 bridgehead atoms. The molecule has 0 saturated heterocycles. The number of hydrogen-bond donors (Lipinski definition) is 1. The summed E-state index contributed by atoms with van der Waals surface area (Å²) in [5, 5.41) is 11.9. The zero-order valence-electron chi connectivity index (χ0n) is 13.5. The summed E-state index contributed by atoms with van der Waals surface area (Å²) in [6.45, 7) is 0.779. The maximum atomic E-state index is 12.0. The highest BCUT2D eigenvalue weighted by Gasteiger charge is 2.19. The quantitative estimate of drug-likeness (QED) is 0.777. The fourth-order valence-electron chi connectivity index (χ4n) is 2.51. The van der Waals surface area contributed by atoms with Crippen molar-refractivity contribution in [2.24, 2.45) is 20.0 Å². The van der Waals surface area contributed by atoms with E-state index >= 15 is 0 Å². The van der Waals surface area contributed by atoms with E-state index in [1.165, 1.54) is 0 Å². The van der Waals surface area contributed by atoms with Gasteiger partial charge < -0.3 is 10.1 Å². The lowest BCUT2D eigenvalue weighted by atomic mass is 9.99. The Morgan fingerprint density at radius 1 is 1.35 bits per heavy atom. The molecule has 0 radical (unpaired) electrons. The number of carbonyl (C=O) groups is 1. The maximum absolute atomic E-state index is 12.0. The minimum Gasteiger partial charge on any atom is -0.383 e. The van der Waals surface area contributed by atoms with Gasteiger partial charge in [-0.2, -0.15) is 5.26 Å². The maximum Gasteiger partial charge on any atom is 0.328 e. The molecule has 7 heteroatoms. The molecule has 0 spiro atoms. The molecule has 1 unspecified atom stereocenters. The number of rotatable bonds is 6. The van der Waals surface area contributed by atoms with Crippen LogP contribution in [0.25, 0.3) is 11.0 Å². The number of nitriles is 1. The number of aryl methyl sites for hydroxylation is 2. The van der Waals surface area contributed by atoms with E-state index in [4.69, 9.17) is 4.74 Å². The van der Waals surface area contributed by atoms with Crippen molar-refractivity contribution < 1.29 is 9.53 Å². The van der Waals surface area contributed by atoms with Gasteiger partial charge in [0, 0.05) is 27.7 Å². The molecule has 1 amide bonds. The first-order valence-electron chi connectivity index (χ1n) is 7.30. The Morgan fingerprint density at radius 3 is 2.70 bits per heavy atom. The molecule has 1 aromatic carbocycles. The van der Waals surface area contributed by atoms with E-state index in [0.29, 0.717) is 19.6 Å². The summed E-state index contributed by atoms with van der Waals surface area (Å²) >= 11 is 0. The van der Waals surface area contributed by atoms with Crippen LogP contribution in [0.1, 0.15) is 5.56 Å². The smallest absolute Gasteiger partial charge is 0.328 e. The molecular weight excluding hydrogens is 296 g/mol. The topological polar surface area (TPSA) is 89.1 Å². The largest absolute Gasteiger partial charge is 0.383 e. The van der Waals surface area contributed by atoms with Crippen molar-refractivity contribution >= 4 is 16.9 Å². The summed E-state index contributed by atoms with van der Waals surface area (Å²) in [4.78, 5) is 23.9. The third-order valence-corrected chi connectivity index (χ3v) is 3.85. The van der Waals surface area contributed by atoms with E-state index in [-0.39, 0.29) is 11.6 Å². The predicted molar refractivity (Wildman–Crippen MR) is 85.9 cm³/mol. The van der Waals surface area contributed by atoms with Crippen LogP contribution < -0.4 is 11.0 Å². The fraction of sp³-hybridized carbons (Fsp3) is 0.438. The van der Waals surface area contributed by atoms with Gasteiger partial charge in [-0.05, 0) is 24.1 Å². The van der Waals surface area contributed by atoms with Gasteiger partial charge in [-0.1, -0.05) is 6.07 Å². The SMILES string of the molecule is COCCNC(=O)C(C#N)Cc1ccc2c(c1)n(C)c(=O)n2C. The number of ether oxygens (including phenoxy) is 1. The van der Waals surface area contributed by atoms with Crippen LogP contribution >= 0.6 is 0 Å². The highest BCUT2D eigenvalue weighted by molar-refractivity contribution is 5.82. The van der Waals surface area contributed by atoms with E-state index < -0.39 is 5.92 Å². The summed E-state index contributed by atoms with van der Waals surface area (Å²) in [6, 6.07) is 7.56. The van der Waals surface area contributed by atoms with Gasteiger partial charge in [0.2, 0.25) is 5.91 Å². The van der Waals surface area contributed by atoms with Gasteiger partial charge >= 0.3 is 5.69 Å². The van der Waals surface area contributed by atoms with E-state index in [2.05, 4.69) is 5.32 Å². The van der Waals surface area contributed by atoms with Crippen molar-refractivity contribution in [1.82, 2.24) is 14.5 Å². The van der Waals surface area contributed by atoms with Gasteiger partial charge in [0.1, 0.15) is 5.92 Å². The number of benzene rings is 1. The van der Waals surface area contributed by atoms with Crippen LogP contribution in [0, 0.1) is 17.2 Å². The number of aromatic nitrogens is 2. The zero-order valence-corrected chi connectivity index (χ0v) is 13.5. The van der Waals surface area contributed by atoms with E-state index in [1.54, 1.807) is 30.3 Å². The van der Waals surface area contributed by atoms with Crippen LogP contribution in [0.4, 0.5) is 0 Å². The van der Waals surface area contributed by atoms with Gasteiger partial charge in [0.05, 0.1) is 23.7 Å². The third-order valence-electron chi connectivity index (χ3n) is 3.85. The molecule has 7 nitrogen and oxygen atoms in total. The first-order valence-corrected chi connectivity index (χ1v) is 7.30. The van der Waals surface area contributed by atoms with Gasteiger partial charge in [-0.15, -0.1) is 0 Å². The van der Waals surface area contributed by atoms with Crippen LogP contribution in [0.2, 0.25) is 0 Å². The first kappa shape index (κ1) is 16.8. The van der Waals surface area contributed by atoms with Crippen LogP contribution in [-0.2, 0) is 30.0 Å². The standard InChI is InChI=1S/C16H20N4O3/c1-19-13-5-4-11(9-14(13)20(2)16(19)22)8-12(10-17)15(21)18-6-7-23-3/h4-5,9,12H,6-8H2,1-3H3,(H,18,21). The number of nitrogens with one attached hydrogen (secondary N) is 1. The summed E-state index contributed by atoms with van der Waals surface area (Å²) in [6.07, 6.45) is 0.300. The second-order valence-corrected chi connectivity index (χ2v) is 5.39. The lowest BCUT2D eigenvalue weighted by Crippen LogP contribution is -2.33. The zero-order chi connectivity index (χ0) is 17.0. The van der Waals surface area contributed by atoms with Crippen molar-refractivity contribution in [3.8, 4) is 6.07 Å². The Morgan fingerprint density at radius 2 is 2.04 bits per heavy atom. The summed E-state index contributed by atoms with van der Waals surface area (Å²) < 4.78 is 7.99. The third kappa shape index (κ3) is 3.43. The molecule has 122 valence electrons. The van der Waals surface area contributed by atoms with Gasteiger partial charge in [-0.3, -0.25) is 13.9 Å². The van der Waals surface area contributed by atoms with Crippen molar-refractivity contribution in [2.45, 2.75) is 6.42 Å². The molecule has 23 heavy (non-hydrogen) atoms. The number of fused-ring (bicyclic) bond motifs is 1. The van der Waals surface area contributed by atoms with E-state index in [0.717, 1.165) is 16.6 Å². The van der Waals surface area contributed by atoms with E-state index in [9.17, 15) is 14.9 Å². The molecule has 1 atom stereocenters. The first-order chi connectivity index (χ1) is 11.0. The second kappa shape index (κ2) is 7.11. The average molecular weight is 316 g/mol. The van der Waals surface area contributed by atoms with Crippen molar-refractivity contribution in [3.63, 3.8) is 0 Å². The average Bonchev–Trinajstić information content (AvgIpc) is 2.77. The predicted octanol–water partition coefficient (Wildman–Crippen LogP) is 0.322. The molecule has 0 saturated carbocycles. The number of amides is 1. The van der Waals surface area contributed by atoms with Crippen molar-refractivity contribution in [3.05, 3.63) is 34.2 Å². The Balaban J connectivity index is 2.20. The lowest BCUT2D eigenvalue weighted by Gasteiger charge is -2.10. The molecule has 1 N–H and O–H groups in total. The van der Waals surface area contributed by atoms with Crippen molar-refractivity contribution in [1.29, 1.82) is 5.26 Å². The Hall–Kier alpha value is -2.59. The summed E-state index contributed by atoms with van der Waals surface area (Å²) in [5.41, 5.74) is 2.34. The molecule has 0 aliphatic rings. The fourth-order valence-corrected chi connectivity index (χ4v) is 2.51. The number of hydrogen-bond acceptors (Lipinski definition) is 4. The molecular formula is C16H20N4O3. The van der Waals surface area contributed by atoms with Gasteiger partial charge in [-0.25, -0.2) is 4.79 Å². The normalized spacial score (nSPS) is 12.1. The molecule has 1 aromatic heterocycles. The molecule has 2 aromatic rings. The highest BCUT2D eigenvalue weighted by Crippen LogP contribution is 2.17. The molecule has 0 aliphatic carbocycles. The Kier molecular flexibility index (Phi) is 5.19. The Bertz CT molecular complexity index is 813. The Labute approximate surface area is 134 Å². The minimum atomic E-state index is -0.773. The monoisotopic (exact) mass is 316 g/mol. The highest BCUT2D eigenvalue weighted by atomic mass is 16.5. The molecule has 0 fully saturated rings. The van der Waals surface area contributed by atoms with Crippen LogP contribution in [0.3, 0.4) is 0 Å². The van der Waals surface area contributed by atoms with Crippen molar-refractivity contribution in [2.75, 3.05) is 20.3 Å². The van der Waals surface area contributed by atoms with Gasteiger partial charge in [0.15, 0.2) is 0 Å². The number of methoxy groups -OCH3 is 1. The van der Waals surface area contributed by atoms with Gasteiger partial charge in [0.25, 0.3) is 0 Å².